The van der Waals surface area contributed by atoms with Crippen molar-refractivity contribution in [2.45, 2.75) is 59.2 Å². The van der Waals surface area contributed by atoms with Crippen LogP contribution < -0.4 is 0 Å². The minimum atomic E-state index is -1.45. The van der Waals surface area contributed by atoms with E-state index < -0.39 is 8.32 Å². The van der Waals surface area contributed by atoms with E-state index in [1.165, 1.54) is 0 Å². The predicted octanol–water partition coefficient (Wildman–Crippen LogP) is 3.73. The van der Waals surface area contributed by atoms with E-state index in [-0.39, 0.29) is 18.5 Å². The summed E-state index contributed by atoms with van der Waals surface area (Å²) < 4.78 is 54.7. The Morgan fingerprint density at radius 2 is 0.829 bits per heavy atom. The Kier molecular flexibility index (Phi) is 30.3. The number of rotatable bonds is 33. The van der Waals surface area contributed by atoms with Gasteiger partial charge in [0, 0.05) is 0 Å². The number of carbonyl (C=O) groups is 1. The Hall–Kier alpha value is -0.673. The molecule has 0 amide bonds. The van der Waals surface area contributed by atoms with Crippen LogP contribution in [0.15, 0.2) is 0 Å². The van der Waals surface area contributed by atoms with Crippen LogP contribution in [0.4, 0.5) is 0 Å². The van der Waals surface area contributed by atoms with Crippen molar-refractivity contribution < 1.29 is 51.9 Å². The second kappa shape index (κ2) is 30.8. The SMILES string of the molecule is CCCCC(CC)C(=O)OCCOCCOCCOCCOCCOCCOCCOCCOCCO[Si](C)(C)C. The fraction of sp³-hybridized carbons (Fsp3) is 0.966. The van der Waals surface area contributed by atoms with E-state index in [0.717, 1.165) is 25.7 Å². The van der Waals surface area contributed by atoms with Gasteiger partial charge in [-0.05, 0) is 32.5 Å². The van der Waals surface area contributed by atoms with Crippen molar-refractivity contribution in [3.8, 4) is 0 Å². The molecule has 0 aromatic heterocycles. The number of ether oxygens (including phenoxy) is 9. The molecule has 1 atom stereocenters. The highest BCUT2D eigenvalue weighted by Crippen LogP contribution is 2.14. The maximum Gasteiger partial charge on any atom is 0.308 e. The van der Waals surface area contributed by atoms with E-state index in [1.54, 1.807) is 0 Å². The number of hydrogen-bond donors (Lipinski definition) is 0. The number of esters is 1. The molecule has 0 saturated carbocycles. The van der Waals surface area contributed by atoms with Crippen LogP contribution in [0.3, 0.4) is 0 Å². The molecule has 0 aromatic rings. The molecule has 0 aliphatic carbocycles. The van der Waals surface area contributed by atoms with Gasteiger partial charge >= 0.3 is 5.97 Å². The fourth-order valence-electron chi connectivity index (χ4n) is 3.31. The average molecular weight is 613 g/mol. The third kappa shape index (κ3) is 32.1. The van der Waals surface area contributed by atoms with Crippen LogP contribution in [0.1, 0.15) is 39.5 Å². The Bertz CT molecular complexity index is 549. The van der Waals surface area contributed by atoms with E-state index in [0.29, 0.717) is 112 Å². The summed E-state index contributed by atoms with van der Waals surface area (Å²) in [6.45, 7) is 19.7. The monoisotopic (exact) mass is 612 g/mol. The number of carbonyl (C=O) groups excluding carboxylic acids is 1. The molecular formula is C29H60O11Si. The van der Waals surface area contributed by atoms with Gasteiger partial charge < -0.3 is 47.1 Å². The van der Waals surface area contributed by atoms with Gasteiger partial charge in [0.2, 0.25) is 0 Å². The summed E-state index contributed by atoms with van der Waals surface area (Å²) in [5, 5.41) is 0. The first kappa shape index (κ1) is 40.3. The third-order valence-electron chi connectivity index (χ3n) is 5.57. The highest BCUT2D eigenvalue weighted by Gasteiger charge is 2.17. The lowest BCUT2D eigenvalue weighted by atomic mass is 10.00. The highest BCUT2D eigenvalue weighted by atomic mass is 28.4. The minimum Gasteiger partial charge on any atom is -0.463 e. The van der Waals surface area contributed by atoms with Crippen molar-refractivity contribution in [3.63, 3.8) is 0 Å². The van der Waals surface area contributed by atoms with Crippen LogP contribution in [-0.4, -0.2) is 133 Å². The van der Waals surface area contributed by atoms with Crippen molar-refractivity contribution in [1.29, 1.82) is 0 Å². The molecule has 0 bridgehead atoms. The average Bonchev–Trinajstić information content (AvgIpc) is 2.94. The van der Waals surface area contributed by atoms with Gasteiger partial charge in [-0.25, -0.2) is 0 Å². The molecule has 0 fully saturated rings. The Morgan fingerprint density at radius 1 is 0.512 bits per heavy atom. The Labute approximate surface area is 250 Å². The van der Waals surface area contributed by atoms with Gasteiger partial charge in [-0.3, -0.25) is 4.79 Å². The van der Waals surface area contributed by atoms with Crippen LogP contribution in [0.2, 0.25) is 19.6 Å². The van der Waals surface area contributed by atoms with Crippen LogP contribution in [0.5, 0.6) is 0 Å². The predicted molar refractivity (Wildman–Crippen MR) is 160 cm³/mol. The molecule has 0 heterocycles. The van der Waals surface area contributed by atoms with E-state index in [9.17, 15) is 4.79 Å². The van der Waals surface area contributed by atoms with Crippen LogP contribution in [0, 0.1) is 5.92 Å². The van der Waals surface area contributed by atoms with Crippen molar-refractivity contribution in [2.75, 3.05) is 119 Å². The molecule has 12 heteroatoms. The molecule has 246 valence electrons. The summed E-state index contributed by atoms with van der Waals surface area (Å²) in [6, 6.07) is 0. The maximum atomic E-state index is 12.0. The largest absolute Gasteiger partial charge is 0.463 e. The van der Waals surface area contributed by atoms with Crippen molar-refractivity contribution >= 4 is 14.3 Å². The molecule has 0 rings (SSSR count). The van der Waals surface area contributed by atoms with Gasteiger partial charge in [0.25, 0.3) is 0 Å². The molecule has 0 spiro atoms. The molecule has 0 N–H and O–H groups in total. The van der Waals surface area contributed by atoms with E-state index in [2.05, 4.69) is 26.6 Å². The molecule has 0 aliphatic heterocycles. The van der Waals surface area contributed by atoms with Gasteiger partial charge in [0.15, 0.2) is 8.32 Å². The summed E-state index contributed by atoms with van der Waals surface area (Å²) in [5.74, 6) is -0.115. The molecule has 0 radical (unpaired) electrons. The third-order valence-corrected chi connectivity index (χ3v) is 6.64. The first-order valence-corrected chi connectivity index (χ1v) is 18.7. The highest BCUT2D eigenvalue weighted by molar-refractivity contribution is 6.69. The summed E-state index contributed by atoms with van der Waals surface area (Å²) in [5.41, 5.74) is 0. The first-order valence-electron chi connectivity index (χ1n) is 15.3. The Balaban J connectivity index is 3.18. The maximum absolute atomic E-state index is 12.0. The lowest BCUT2D eigenvalue weighted by Gasteiger charge is -2.16. The second-order valence-electron chi connectivity index (χ2n) is 10.3. The second-order valence-corrected chi connectivity index (χ2v) is 14.8. The smallest absolute Gasteiger partial charge is 0.308 e. The molecule has 41 heavy (non-hydrogen) atoms. The zero-order valence-corrected chi connectivity index (χ0v) is 27.6. The molecule has 0 saturated heterocycles. The standard InChI is InChI=1S/C29H60O11Si/c1-6-8-9-28(7-2)29(30)39-26-24-37-22-20-35-18-16-33-14-12-31-10-11-32-13-15-34-17-19-36-21-23-38-25-27-40-41(3,4)5/h28H,6-27H2,1-5H3. The van der Waals surface area contributed by atoms with Crippen LogP contribution in [-0.2, 0) is 51.9 Å². The van der Waals surface area contributed by atoms with E-state index >= 15 is 0 Å². The number of hydrogen-bond acceptors (Lipinski definition) is 11. The fourth-order valence-corrected chi connectivity index (χ4v) is 4.00. The van der Waals surface area contributed by atoms with Crippen molar-refractivity contribution in [2.24, 2.45) is 5.92 Å². The first-order chi connectivity index (χ1) is 19.9. The Morgan fingerprint density at radius 3 is 1.12 bits per heavy atom. The van der Waals surface area contributed by atoms with Gasteiger partial charge in [-0.1, -0.05) is 26.7 Å². The number of unbranched alkanes of at least 4 members (excludes halogenated alkanes) is 1. The van der Waals surface area contributed by atoms with Crippen LogP contribution >= 0.6 is 0 Å². The van der Waals surface area contributed by atoms with Crippen LogP contribution in [0.25, 0.3) is 0 Å². The zero-order chi connectivity index (χ0) is 30.3. The molecule has 0 aliphatic rings. The van der Waals surface area contributed by atoms with Crippen molar-refractivity contribution in [3.05, 3.63) is 0 Å². The summed E-state index contributed by atoms with van der Waals surface area (Å²) in [7, 11) is -1.45. The van der Waals surface area contributed by atoms with Crippen molar-refractivity contribution in [1.82, 2.24) is 0 Å². The summed E-state index contributed by atoms with van der Waals surface area (Å²) in [6.07, 6.45) is 3.85. The van der Waals surface area contributed by atoms with Gasteiger partial charge in [0.05, 0.1) is 118 Å². The topological polar surface area (TPSA) is 109 Å². The normalized spacial score (nSPS) is 12.6. The van der Waals surface area contributed by atoms with E-state index in [1.807, 2.05) is 6.92 Å². The van der Waals surface area contributed by atoms with Gasteiger partial charge in [0.1, 0.15) is 6.61 Å². The zero-order valence-electron chi connectivity index (χ0n) is 26.6. The lowest BCUT2D eigenvalue weighted by Crippen LogP contribution is -2.27. The molecular weight excluding hydrogens is 552 g/mol. The van der Waals surface area contributed by atoms with Gasteiger partial charge in [-0.15, -0.1) is 0 Å². The van der Waals surface area contributed by atoms with Gasteiger partial charge in [-0.2, -0.15) is 0 Å². The quantitative estimate of drug-likeness (QED) is 0.0614. The van der Waals surface area contributed by atoms with E-state index in [4.69, 9.17) is 47.1 Å². The molecule has 11 nitrogen and oxygen atoms in total. The summed E-state index contributed by atoms with van der Waals surface area (Å²) in [4.78, 5) is 12.0. The minimum absolute atomic E-state index is 0.00132. The molecule has 1 unspecified atom stereocenters. The summed E-state index contributed by atoms with van der Waals surface area (Å²) >= 11 is 0. The lowest BCUT2D eigenvalue weighted by molar-refractivity contribution is -0.150. The molecule has 0 aromatic carbocycles.